The van der Waals surface area contributed by atoms with E-state index in [2.05, 4.69) is 15.0 Å². The summed E-state index contributed by atoms with van der Waals surface area (Å²) < 4.78 is 58.2. The first-order valence-corrected chi connectivity index (χ1v) is 17.6. The number of hydrogen-bond acceptors (Lipinski definition) is 10. The molecule has 1 amide bonds. The first kappa shape index (κ1) is 33.4. The topological polar surface area (TPSA) is 103 Å². The number of benzene rings is 1. The van der Waals surface area contributed by atoms with Gasteiger partial charge in [0.25, 0.3) is 0 Å². The van der Waals surface area contributed by atoms with Crippen LogP contribution < -0.4 is 15.3 Å². The van der Waals surface area contributed by atoms with Crippen LogP contribution in [-0.2, 0) is 17.5 Å². The Kier molecular flexibility index (Phi) is 9.15. The van der Waals surface area contributed by atoms with Crippen LogP contribution in [0.3, 0.4) is 0 Å². The highest BCUT2D eigenvalue weighted by Gasteiger charge is 2.41. The fraction of sp³-hybridized carbons (Fsp3) is 0.531. The third-order valence-corrected chi connectivity index (χ3v) is 10.3. The molecule has 0 unspecified atom stereocenters. The first-order chi connectivity index (χ1) is 22.2. The minimum atomic E-state index is -4.67. The molecule has 1 saturated heterocycles. The zero-order valence-electron chi connectivity index (χ0n) is 26.8. The molecule has 0 bridgehead atoms. The third-order valence-electron chi connectivity index (χ3n) is 8.23. The molecular weight excluding hydrogens is 654 g/mol. The van der Waals surface area contributed by atoms with Gasteiger partial charge in [0.2, 0.25) is 0 Å². The Morgan fingerprint density at radius 3 is 2.38 bits per heavy atom. The van der Waals surface area contributed by atoms with Crippen LogP contribution in [0, 0.1) is 0 Å². The van der Waals surface area contributed by atoms with E-state index in [1.807, 2.05) is 24.8 Å². The molecule has 0 aliphatic carbocycles. The van der Waals surface area contributed by atoms with E-state index < -0.39 is 35.2 Å². The van der Waals surface area contributed by atoms with Gasteiger partial charge in [-0.05, 0) is 64.5 Å². The van der Waals surface area contributed by atoms with E-state index in [0.29, 0.717) is 33.9 Å². The van der Waals surface area contributed by atoms with Crippen molar-refractivity contribution in [3.8, 4) is 6.01 Å². The van der Waals surface area contributed by atoms with Crippen LogP contribution in [0.25, 0.3) is 16.5 Å². The minimum Gasteiger partial charge on any atom is -0.457 e. The van der Waals surface area contributed by atoms with Crippen LogP contribution in [-0.4, -0.2) is 84.6 Å². The highest BCUT2D eigenvalue weighted by atomic mass is 32.2. The molecule has 15 heteroatoms. The van der Waals surface area contributed by atoms with Crippen molar-refractivity contribution in [2.24, 2.45) is 0 Å². The number of thioether (sulfide) groups is 2. The van der Waals surface area contributed by atoms with Crippen LogP contribution in [0.5, 0.6) is 6.01 Å². The number of amides is 1. The second kappa shape index (κ2) is 12.9. The Bertz CT molecular complexity index is 1750. The lowest BCUT2D eigenvalue weighted by molar-refractivity contribution is -0.137. The largest absolute Gasteiger partial charge is 0.457 e. The van der Waals surface area contributed by atoms with Gasteiger partial charge in [-0.25, -0.2) is 19.6 Å². The first-order valence-electron chi connectivity index (χ1n) is 15.5. The number of anilines is 1. The number of piperazine rings is 1. The standard InChI is InChI=1S/C32H37F3N6O4S2/c1-18-14-39(15-19(2)41(18)30(43)45-31(3,4)5)27-22-13-23(32(33,34)35)24(20-7-11-46-12-8-20)26-25(22)40(29(42)38-27)16-21(17-47-26)44-28-36-9-6-10-37-28/h6-7,9-10,13,18-19,21H,8,11-12,14-17H2,1-5H3/t18-,19+,21-/m0/s1. The molecule has 10 nitrogen and oxygen atoms in total. The quantitative estimate of drug-likeness (QED) is 0.319. The molecule has 1 aromatic carbocycles. The van der Waals surface area contributed by atoms with Gasteiger partial charge in [0, 0.05) is 52.8 Å². The second-order valence-corrected chi connectivity index (χ2v) is 15.2. The number of ether oxygens (including phenoxy) is 2. The van der Waals surface area contributed by atoms with Crippen molar-refractivity contribution in [1.82, 2.24) is 24.4 Å². The predicted octanol–water partition coefficient (Wildman–Crippen LogP) is 6.11. The molecule has 0 spiro atoms. The van der Waals surface area contributed by atoms with E-state index in [4.69, 9.17) is 9.47 Å². The van der Waals surface area contributed by atoms with Gasteiger partial charge in [0.05, 0.1) is 29.7 Å². The Morgan fingerprint density at radius 1 is 1.06 bits per heavy atom. The molecule has 5 heterocycles. The summed E-state index contributed by atoms with van der Waals surface area (Å²) in [6, 6.07) is 2.19. The maximum absolute atomic E-state index is 15.0. The molecular formula is C32H37F3N6O4S2. The summed E-state index contributed by atoms with van der Waals surface area (Å²) in [6.07, 6.45) is -0.331. The molecule has 3 aliphatic heterocycles. The molecule has 0 saturated carbocycles. The van der Waals surface area contributed by atoms with Crippen LogP contribution in [0.4, 0.5) is 23.8 Å². The van der Waals surface area contributed by atoms with Crippen molar-refractivity contribution < 1.29 is 27.4 Å². The molecule has 6 rings (SSSR count). The molecule has 2 aromatic heterocycles. The van der Waals surface area contributed by atoms with E-state index in [1.54, 1.807) is 43.5 Å². The second-order valence-electron chi connectivity index (χ2n) is 13.0. The van der Waals surface area contributed by atoms with Crippen molar-refractivity contribution in [3.05, 3.63) is 52.2 Å². The number of nitrogens with zero attached hydrogens (tertiary/aromatic N) is 6. The molecule has 252 valence electrons. The Labute approximate surface area is 279 Å². The number of carbonyl (C=O) groups is 1. The van der Waals surface area contributed by atoms with Crippen molar-refractivity contribution in [2.75, 3.05) is 35.2 Å². The monoisotopic (exact) mass is 690 g/mol. The van der Waals surface area contributed by atoms with E-state index in [1.165, 1.54) is 28.7 Å². The Morgan fingerprint density at radius 2 is 1.77 bits per heavy atom. The summed E-state index contributed by atoms with van der Waals surface area (Å²) >= 11 is 2.92. The molecule has 0 radical (unpaired) electrons. The molecule has 3 aliphatic rings. The highest BCUT2D eigenvalue weighted by Crippen LogP contribution is 2.48. The van der Waals surface area contributed by atoms with Gasteiger partial charge < -0.3 is 14.4 Å². The number of rotatable bonds is 4. The number of alkyl halides is 3. The lowest BCUT2D eigenvalue weighted by Crippen LogP contribution is -2.59. The fourth-order valence-electron chi connectivity index (χ4n) is 6.41. The van der Waals surface area contributed by atoms with Gasteiger partial charge in [-0.3, -0.25) is 9.47 Å². The van der Waals surface area contributed by atoms with Gasteiger partial charge in [-0.15, -0.1) is 11.8 Å². The maximum atomic E-state index is 15.0. The van der Waals surface area contributed by atoms with Gasteiger partial charge in [-0.2, -0.15) is 29.9 Å². The van der Waals surface area contributed by atoms with Gasteiger partial charge in [-0.1, -0.05) is 6.08 Å². The van der Waals surface area contributed by atoms with E-state index in [-0.39, 0.29) is 60.2 Å². The smallest absolute Gasteiger partial charge is 0.417 e. The minimum absolute atomic E-state index is 0.0554. The summed E-state index contributed by atoms with van der Waals surface area (Å²) in [5, 5.41) is 0.232. The normalized spacial score (nSPS) is 22.1. The zero-order valence-corrected chi connectivity index (χ0v) is 28.5. The Balaban J connectivity index is 1.51. The summed E-state index contributed by atoms with van der Waals surface area (Å²) in [5.41, 5.74) is -0.888. The molecule has 0 N–H and O–H groups in total. The van der Waals surface area contributed by atoms with Crippen LogP contribution in [0.15, 0.2) is 40.3 Å². The lowest BCUT2D eigenvalue weighted by atomic mass is 9.94. The van der Waals surface area contributed by atoms with E-state index in [0.717, 1.165) is 6.07 Å². The number of allylic oxidation sites excluding steroid dienone is 1. The summed E-state index contributed by atoms with van der Waals surface area (Å²) in [7, 11) is 0. The van der Waals surface area contributed by atoms with Crippen LogP contribution >= 0.6 is 23.5 Å². The molecule has 1 fully saturated rings. The maximum Gasteiger partial charge on any atom is 0.417 e. The predicted molar refractivity (Wildman–Crippen MR) is 177 cm³/mol. The lowest BCUT2D eigenvalue weighted by Gasteiger charge is -2.45. The summed E-state index contributed by atoms with van der Waals surface area (Å²) in [5.74, 6) is 1.75. The van der Waals surface area contributed by atoms with Crippen molar-refractivity contribution in [3.63, 3.8) is 0 Å². The summed E-state index contributed by atoms with van der Waals surface area (Å²) in [6.45, 7) is 9.64. The fourth-order valence-corrected chi connectivity index (χ4v) is 8.53. The number of hydrogen-bond donors (Lipinski definition) is 0. The number of aromatic nitrogens is 4. The van der Waals surface area contributed by atoms with Crippen molar-refractivity contribution >= 4 is 51.9 Å². The van der Waals surface area contributed by atoms with Gasteiger partial charge in [0.15, 0.2) is 0 Å². The number of halogens is 3. The summed E-state index contributed by atoms with van der Waals surface area (Å²) in [4.78, 5) is 43.6. The zero-order chi connectivity index (χ0) is 33.7. The molecule has 3 aromatic rings. The third kappa shape index (κ3) is 6.92. The van der Waals surface area contributed by atoms with Crippen molar-refractivity contribution in [1.29, 1.82) is 0 Å². The van der Waals surface area contributed by atoms with Gasteiger partial charge in [0.1, 0.15) is 17.5 Å². The van der Waals surface area contributed by atoms with Gasteiger partial charge >= 0.3 is 24.0 Å². The average molecular weight is 691 g/mol. The highest BCUT2D eigenvalue weighted by molar-refractivity contribution is 7.99. The van der Waals surface area contributed by atoms with Crippen LogP contribution in [0.2, 0.25) is 0 Å². The van der Waals surface area contributed by atoms with Crippen LogP contribution in [0.1, 0.15) is 52.2 Å². The molecule has 47 heavy (non-hydrogen) atoms. The van der Waals surface area contributed by atoms with Crippen molar-refractivity contribution in [2.45, 2.75) is 82.4 Å². The SMILES string of the molecule is C[C@@H]1CN(c2nc(=O)n3c4c(c(C5=CCSCC5)c(C(F)(F)F)cc24)SC[C@@H](Oc2ncccn2)C3)C[C@H](C)N1C(=O)OC(C)(C)C. The average Bonchev–Trinajstić information content (AvgIpc) is 3.18. The van der Waals surface area contributed by atoms with E-state index >= 15 is 13.2 Å². The van der Waals surface area contributed by atoms with E-state index in [9.17, 15) is 9.59 Å². The Hall–Kier alpha value is -3.46. The number of carbonyl (C=O) groups excluding carboxylic acids is 1. The molecule has 3 atom stereocenters.